The third-order valence-electron chi connectivity index (χ3n) is 5.43. The predicted molar refractivity (Wildman–Crippen MR) is 106 cm³/mol. The Kier molecular flexibility index (Phi) is 6.41. The van der Waals surface area contributed by atoms with Gasteiger partial charge >= 0.3 is 5.97 Å². The molecule has 0 N–H and O–H groups in total. The minimum atomic E-state index is -0.695. The van der Waals surface area contributed by atoms with E-state index in [1.54, 1.807) is 18.2 Å². The largest absolute Gasteiger partial charge is 0.423 e. The Bertz CT molecular complexity index is 836. The van der Waals surface area contributed by atoms with Gasteiger partial charge in [-0.05, 0) is 48.6 Å². The highest BCUT2D eigenvalue weighted by Crippen LogP contribution is 2.38. The molecule has 140 valence electrons. The number of nitriles is 1. The van der Waals surface area contributed by atoms with Crippen LogP contribution < -0.4 is 4.74 Å². The number of ether oxygens (including phenoxy) is 1. The molecule has 0 radical (unpaired) electrons. The van der Waals surface area contributed by atoms with Gasteiger partial charge in [-0.2, -0.15) is 5.26 Å². The number of rotatable bonds is 5. The van der Waals surface area contributed by atoms with Crippen molar-refractivity contribution in [1.82, 2.24) is 0 Å². The monoisotopic (exact) mass is 381 g/mol. The Morgan fingerprint density at radius 3 is 2.48 bits per heavy atom. The average Bonchev–Trinajstić information content (AvgIpc) is 2.69. The first-order valence-corrected chi connectivity index (χ1v) is 11.4. The maximum absolute atomic E-state index is 13.6. The minimum absolute atomic E-state index is 0.0736. The van der Waals surface area contributed by atoms with E-state index >= 15 is 0 Å². The standard InChI is InChI=1S/C22H24FNO2Si/c1-2-27-20-11-8-16(9-12-20)15-3-5-17(6-4-15)22(25)26-19-10-7-18(14-24)21(23)13-19/h3-7,10,13,16,20H,2,8-9,11-12,27H2,1H3. The van der Waals surface area contributed by atoms with Crippen LogP contribution >= 0.6 is 0 Å². The summed E-state index contributed by atoms with van der Waals surface area (Å²) in [6, 6.07) is 14.5. The minimum Gasteiger partial charge on any atom is -0.423 e. The molecule has 0 amide bonds. The van der Waals surface area contributed by atoms with E-state index in [-0.39, 0.29) is 20.8 Å². The van der Waals surface area contributed by atoms with Crippen LogP contribution in [0.1, 0.15) is 60.0 Å². The van der Waals surface area contributed by atoms with E-state index in [2.05, 4.69) is 6.92 Å². The van der Waals surface area contributed by atoms with Gasteiger partial charge in [0, 0.05) is 15.6 Å². The lowest BCUT2D eigenvalue weighted by molar-refractivity contribution is 0.0734. The van der Waals surface area contributed by atoms with Crippen LogP contribution in [0.5, 0.6) is 5.75 Å². The van der Waals surface area contributed by atoms with Crippen LogP contribution in [0.25, 0.3) is 0 Å². The number of hydrogen-bond donors (Lipinski definition) is 0. The molecule has 27 heavy (non-hydrogen) atoms. The Labute approximate surface area is 162 Å². The molecule has 1 aliphatic carbocycles. The zero-order chi connectivity index (χ0) is 19.2. The van der Waals surface area contributed by atoms with Crippen molar-refractivity contribution in [1.29, 1.82) is 5.26 Å². The second kappa shape index (κ2) is 8.96. The second-order valence-corrected chi connectivity index (χ2v) is 10.0. The zero-order valence-corrected chi connectivity index (χ0v) is 17.0. The molecule has 1 saturated carbocycles. The summed E-state index contributed by atoms with van der Waals surface area (Å²) in [4.78, 5) is 12.3. The van der Waals surface area contributed by atoms with Crippen molar-refractivity contribution >= 4 is 15.5 Å². The van der Waals surface area contributed by atoms with Crippen LogP contribution in [0.15, 0.2) is 42.5 Å². The van der Waals surface area contributed by atoms with Crippen molar-refractivity contribution in [2.45, 2.75) is 50.1 Å². The van der Waals surface area contributed by atoms with Crippen molar-refractivity contribution in [3.8, 4) is 11.8 Å². The van der Waals surface area contributed by atoms with Crippen molar-refractivity contribution in [3.63, 3.8) is 0 Å². The van der Waals surface area contributed by atoms with Crippen LogP contribution in [0.2, 0.25) is 11.6 Å². The Balaban J connectivity index is 1.61. The molecule has 1 aliphatic rings. The molecule has 0 spiro atoms. The van der Waals surface area contributed by atoms with Gasteiger partial charge in [0.15, 0.2) is 0 Å². The van der Waals surface area contributed by atoms with Gasteiger partial charge in [0.05, 0.1) is 11.1 Å². The molecule has 0 unspecified atom stereocenters. The lowest BCUT2D eigenvalue weighted by Gasteiger charge is -2.28. The van der Waals surface area contributed by atoms with Gasteiger partial charge in [-0.15, -0.1) is 0 Å². The summed E-state index contributed by atoms with van der Waals surface area (Å²) in [5.41, 5.74) is 2.66. The third-order valence-corrected chi connectivity index (χ3v) is 7.64. The lowest BCUT2D eigenvalue weighted by Crippen LogP contribution is -2.14. The highest BCUT2D eigenvalue weighted by molar-refractivity contribution is 6.37. The molecular weight excluding hydrogens is 357 g/mol. The summed E-state index contributed by atoms with van der Waals surface area (Å²) in [7, 11) is 0.114. The molecule has 0 heterocycles. The molecule has 1 fully saturated rings. The van der Waals surface area contributed by atoms with Gasteiger partial charge in [0.25, 0.3) is 0 Å². The van der Waals surface area contributed by atoms with Gasteiger partial charge in [0.2, 0.25) is 0 Å². The fourth-order valence-electron chi connectivity index (χ4n) is 3.90. The SMILES string of the molecule is CC[SiH2]C1CCC(c2ccc(C(=O)Oc3ccc(C#N)c(F)c3)cc2)CC1. The average molecular weight is 382 g/mol. The summed E-state index contributed by atoms with van der Waals surface area (Å²) in [6.07, 6.45) is 5.18. The first-order chi connectivity index (χ1) is 13.1. The Morgan fingerprint density at radius 2 is 1.89 bits per heavy atom. The Hall–Kier alpha value is -2.45. The number of nitrogens with zero attached hydrogens (tertiary/aromatic N) is 1. The lowest BCUT2D eigenvalue weighted by atomic mass is 9.83. The predicted octanol–water partition coefficient (Wildman–Crippen LogP) is 4.97. The zero-order valence-electron chi connectivity index (χ0n) is 15.6. The third kappa shape index (κ3) is 4.84. The van der Waals surface area contributed by atoms with Gasteiger partial charge in [-0.1, -0.05) is 43.5 Å². The van der Waals surface area contributed by atoms with Gasteiger partial charge < -0.3 is 4.74 Å². The summed E-state index contributed by atoms with van der Waals surface area (Å²) in [5, 5.41) is 8.75. The van der Waals surface area contributed by atoms with E-state index in [1.165, 1.54) is 49.4 Å². The molecule has 0 aromatic heterocycles. The number of esters is 1. The first kappa shape index (κ1) is 19.3. The molecule has 0 bridgehead atoms. The maximum atomic E-state index is 13.6. The van der Waals surface area contributed by atoms with Gasteiger partial charge in [-0.25, -0.2) is 9.18 Å². The topological polar surface area (TPSA) is 50.1 Å². The molecular formula is C22H24FNO2Si. The highest BCUT2D eigenvalue weighted by atomic mass is 28.2. The van der Waals surface area contributed by atoms with Crippen LogP contribution in [0.4, 0.5) is 4.39 Å². The molecule has 2 aromatic rings. The van der Waals surface area contributed by atoms with E-state index in [0.29, 0.717) is 11.5 Å². The van der Waals surface area contributed by atoms with E-state index < -0.39 is 11.8 Å². The van der Waals surface area contributed by atoms with Gasteiger partial charge in [0.1, 0.15) is 17.6 Å². The summed E-state index contributed by atoms with van der Waals surface area (Å²) >= 11 is 0. The quantitative estimate of drug-likeness (QED) is 0.417. The normalized spacial score (nSPS) is 19.7. The fourth-order valence-corrected chi connectivity index (χ4v) is 5.77. The molecule has 0 saturated heterocycles. The van der Waals surface area contributed by atoms with E-state index in [9.17, 15) is 9.18 Å². The van der Waals surface area contributed by atoms with Crippen molar-refractivity contribution in [2.24, 2.45) is 0 Å². The molecule has 3 nitrogen and oxygen atoms in total. The van der Waals surface area contributed by atoms with Crippen LogP contribution in [0, 0.1) is 17.1 Å². The molecule has 5 heteroatoms. The number of hydrogen-bond acceptors (Lipinski definition) is 3. The highest BCUT2D eigenvalue weighted by Gasteiger charge is 2.22. The molecule has 0 aliphatic heterocycles. The number of benzene rings is 2. The number of halogens is 1. The maximum Gasteiger partial charge on any atom is 0.343 e. The summed E-state index contributed by atoms with van der Waals surface area (Å²) < 4.78 is 18.8. The van der Waals surface area contributed by atoms with Gasteiger partial charge in [-0.3, -0.25) is 0 Å². The van der Waals surface area contributed by atoms with Crippen molar-refractivity contribution in [2.75, 3.05) is 0 Å². The van der Waals surface area contributed by atoms with E-state index in [4.69, 9.17) is 10.00 Å². The molecule has 3 rings (SSSR count). The molecule has 2 aromatic carbocycles. The molecule has 0 atom stereocenters. The van der Waals surface area contributed by atoms with Crippen molar-refractivity contribution < 1.29 is 13.9 Å². The van der Waals surface area contributed by atoms with E-state index in [0.717, 1.165) is 11.6 Å². The van der Waals surface area contributed by atoms with Crippen LogP contribution in [-0.2, 0) is 0 Å². The van der Waals surface area contributed by atoms with Crippen LogP contribution in [-0.4, -0.2) is 15.5 Å². The number of carbonyl (C=O) groups excluding carboxylic acids is 1. The number of carbonyl (C=O) groups is 1. The first-order valence-electron chi connectivity index (χ1n) is 9.62. The fraction of sp³-hybridized carbons (Fsp3) is 0.364. The van der Waals surface area contributed by atoms with E-state index in [1.807, 2.05) is 12.1 Å². The summed E-state index contributed by atoms with van der Waals surface area (Å²) in [5.74, 6) is -0.535. The summed E-state index contributed by atoms with van der Waals surface area (Å²) in [6.45, 7) is 2.31. The van der Waals surface area contributed by atoms with Crippen molar-refractivity contribution in [3.05, 3.63) is 65.0 Å². The Morgan fingerprint density at radius 1 is 1.19 bits per heavy atom. The van der Waals surface area contributed by atoms with Crippen LogP contribution in [0.3, 0.4) is 0 Å². The second-order valence-electron chi connectivity index (χ2n) is 7.27. The smallest absolute Gasteiger partial charge is 0.343 e.